The van der Waals surface area contributed by atoms with Crippen LogP contribution >= 0.6 is 46.3 Å². The Labute approximate surface area is 197 Å². The molecule has 1 fully saturated rings. The highest BCUT2D eigenvalue weighted by atomic mass is 35.5. The van der Waals surface area contributed by atoms with Crippen molar-refractivity contribution in [3.05, 3.63) is 65.2 Å². The van der Waals surface area contributed by atoms with E-state index in [2.05, 4.69) is 21.9 Å². The maximum Gasteiger partial charge on any atom is 0.242 e. The number of fused-ring (bicyclic) bond motifs is 1. The molecule has 0 aliphatic carbocycles. The minimum absolute atomic E-state index is 0.00372. The Morgan fingerprint density at radius 1 is 1.26 bits per heavy atom. The van der Waals surface area contributed by atoms with Gasteiger partial charge in [-0.15, -0.1) is 6.58 Å². The summed E-state index contributed by atoms with van der Waals surface area (Å²) in [5.74, 6) is -0.488. The van der Waals surface area contributed by atoms with E-state index in [9.17, 15) is 9.59 Å². The van der Waals surface area contributed by atoms with E-state index in [1.54, 1.807) is 24.3 Å². The molecule has 10 heteroatoms. The number of nitrogens with one attached hydrogen (secondary N) is 1. The first-order chi connectivity index (χ1) is 14.9. The van der Waals surface area contributed by atoms with Crippen LogP contribution in [0, 0.1) is 0 Å². The fourth-order valence-corrected chi connectivity index (χ4v) is 5.31. The van der Waals surface area contributed by atoms with Crippen LogP contribution in [-0.2, 0) is 9.59 Å². The molecule has 1 aliphatic rings. The van der Waals surface area contributed by atoms with Gasteiger partial charge in [0.1, 0.15) is 5.25 Å². The molecule has 6 nitrogen and oxygen atoms in total. The lowest BCUT2D eigenvalue weighted by atomic mass is 10.2. The molecule has 2 amide bonds. The predicted octanol–water partition coefficient (Wildman–Crippen LogP) is 5.75. The number of amidine groups is 1. The van der Waals surface area contributed by atoms with Crippen molar-refractivity contribution in [1.29, 1.82) is 0 Å². The zero-order valence-electron chi connectivity index (χ0n) is 16.0. The fourth-order valence-electron chi connectivity index (χ4n) is 2.97. The van der Waals surface area contributed by atoms with Gasteiger partial charge in [-0.25, -0.2) is 4.98 Å². The van der Waals surface area contributed by atoms with Crippen LogP contribution in [0.15, 0.2) is 60.1 Å². The molecule has 1 saturated heterocycles. The molecule has 0 radical (unpaired) electrons. The number of hydrogen-bond donors (Lipinski definition) is 1. The minimum atomic E-state index is -0.587. The highest BCUT2D eigenvalue weighted by Crippen LogP contribution is 2.34. The van der Waals surface area contributed by atoms with Gasteiger partial charge in [0.2, 0.25) is 16.9 Å². The molecule has 3 aromatic rings. The van der Waals surface area contributed by atoms with Crippen LogP contribution in [0.3, 0.4) is 0 Å². The molecule has 1 aliphatic heterocycles. The van der Waals surface area contributed by atoms with Gasteiger partial charge in [0.15, 0.2) is 5.17 Å². The molecule has 0 spiro atoms. The summed E-state index contributed by atoms with van der Waals surface area (Å²) in [6.07, 6.45) is 1.63. The third-order valence-electron chi connectivity index (χ3n) is 4.38. The molecule has 1 N–H and O–H groups in total. The number of aromatic nitrogens is 1. The number of thiazole rings is 1. The van der Waals surface area contributed by atoms with Crippen LogP contribution in [0.2, 0.25) is 10.0 Å². The van der Waals surface area contributed by atoms with E-state index in [4.69, 9.17) is 23.2 Å². The Bertz CT molecular complexity index is 1180. The minimum Gasteiger partial charge on any atom is -0.326 e. The van der Waals surface area contributed by atoms with Gasteiger partial charge in [-0.3, -0.25) is 14.5 Å². The van der Waals surface area contributed by atoms with Crippen LogP contribution in [0.1, 0.15) is 6.42 Å². The van der Waals surface area contributed by atoms with E-state index in [0.717, 1.165) is 10.2 Å². The fraction of sp³-hybridized carbons (Fsp3) is 0.143. The lowest BCUT2D eigenvalue weighted by molar-refractivity contribution is -0.127. The number of thioether (sulfide) groups is 1. The first-order valence-electron chi connectivity index (χ1n) is 9.22. The number of halogens is 2. The number of nitrogens with zero attached hydrogens (tertiary/aromatic N) is 3. The van der Waals surface area contributed by atoms with Crippen molar-refractivity contribution in [2.45, 2.75) is 11.7 Å². The Morgan fingerprint density at radius 3 is 2.81 bits per heavy atom. The lowest BCUT2D eigenvalue weighted by Gasteiger charge is -2.13. The highest BCUT2D eigenvalue weighted by molar-refractivity contribution is 8.15. The third-order valence-corrected chi connectivity index (χ3v) is 7.22. The second-order valence-corrected chi connectivity index (χ2v) is 9.58. The van der Waals surface area contributed by atoms with Gasteiger partial charge in [-0.1, -0.05) is 64.5 Å². The number of para-hydroxylation sites is 1. The smallest absolute Gasteiger partial charge is 0.242 e. The normalized spacial score (nSPS) is 17.5. The van der Waals surface area contributed by atoms with Gasteiger partial charge in [0.25, 0.3) is 0 Å². The Balaban J connectivity index is 1.51. The molecule has 0 saturated carbocycles. The summed E-state index contributed by atoms with van der Waals surface area (Å²) in [7, 11) is 0. The van der Waals surface area contributed by atoms with Gasteiger partial charge in [-0.05, 0) is 30.3 Å². The summed E-state index contributed by atoms with van der Waals surface area (Å²) in [6, 6.07) is 12.6. The zero-order valence-corrected chi connectivity index (χ0v) is 19.2. The summed E-state index contributed by atoms with van der Waals surface area (Å²) < 4.78 is 1.02. The van der Waals surface area contributed by atoms with Crippen molar-refractivity contribution in [3.63, 3.8) is 0 Å². The zero-order chi connectivity index (χ0) is 22.0. The van der Waals surface area contributed by atoms with E-state index < -0.39 is 5.25 Å². The second-order valence-electron chi connectivity index (χ2n) is 6.58. The SMILES string of the molecule is C=CCN1C(=O)C(CC(=O)Nc2ccc(Cl)c(Cl)c2)SC1=Nc1nc2ccccc2s1. The van der Waals surface area contributed by atoms with Crippen LogP contribution in [-0.4, -0.2) is 38.7 Å². The molecule has 4 rings (SSSR count). The van der Waals surface area contributed by atoms with E-state index in [0.29, 0.717) is 32.6 Å². The van der Waals surface area contributed by atoms with Gasteiger partial charge in [0, 0.05) is 18.7 Å². The number of anilines is 1. The van der Waals surface area contributed by atoms with Crippen LogP contribution in [0.25, 0.3) is 10.2 Å². The molecule has 31 heavy (non-hydrogen) atoms. The van der Waals surface area contributed by atoms with Crippen molar-refractivity contribution < 1.29 is 9.59 Å². The first-order valence-corrected chi connectivity index (χ1v) is 11.7. The largest absolute Gasteiger partial charge is 0.326 e. The van der Waals surface area contributed by atoms with Gasteiger partial charge < -0.3 is 5.32 Å². The lowest BCUT2D eigenvalue weighted by Crippen LogP contribution is -2.33. The second kappa shape index (κ2) is 9.40. The number of hydrogen-bond acceptors (Lipinski definition) is 6. The van der Waals surface area contributed by atoms with Gasteiger partial charge >= 0.3 is 0 Å². The Morgan fingerprint density at radius 2 is 2.06 bits per heavy atom. The average molecular weight is 491 g/mol. The van der Waals surface area contributed by atoms with Crippen molar-refractivity contribution in [2.75, 3.05) is 11.9 Å². The molecular formula is C21H16Cl2N4O2S2. The molecule has 1 atom stereocenters. The summed E-state index contributed by atoms with van der Waals surface area (Å²) >= 11 is 14.6. The molecule has 1 unspecified atom stereocenters. The third kappa shape index (κ3) is 4.93. The highest BCUT2D eigenvalue weighted by Gasteiger charge is 2.38. The Hall–Kier alpha value is -2.39. The van der Waals surface area contributed by atoms with Crippen molar-refractivity contribution in [2.24, 2.45) is 4.99 Å². The summed E-state index contributed by atoms with van der Waals surface area (Å²) in [5, 5.41) is 3.98. The summed E-state index contributed by atoms with van der Waals surface area (Å²) in [5.41, 5.74) is 1.37. The maximum atomic E-state index is 12.9. The van der Waals surface area contributed by atoms with E-state index >= 15 is 0 Å². The van der Waals surface area contributed by atoms with Gasteiger partial charge in [-0.2, -0.15) is 4.99 Å². The van der Waals surface area contributed by atoms with Crippen molar-refractivity contribution in [1.82, 2.24) is 9.88 Å². The van der Waals surface area contributed by atoms with Crippen molar-refractivity contribution in [3.8, 4) is 0 Å². The average Bonchev–Trinajstić information content (AvgIpc) is 3.27. The molecular weight excluding hydrogens is 475 g/mol. The van der Waals surface area contributed by atoms with Crippen molar-refractivity contribution >= 4 is 84.3 Å². The molecule has 158 valence electrons. The van der Waals surface area contributed by atoms with E-state index in [-0.39, 0.29) is 18.2 Å². The number of amides is 2. The Kier molecular flexibility index (Phi) is 6.62. The molecule has 0 bridgehead atoms. The van der Waals surface area contributed by atoms with Crippen LogP contribution in [0.5, 0.6) is 0 Å². The van der Waals surface area contributed by atoms with E-state index in [1.807, 2.05) is 24.3 Å². The summed E-state index contributed by atoms with van der Waals surface area (Å²) in [4.78, 5) is 36.0. The van der Waals surface area contributed by atoms with Crippen LogP contribution < -0.4 is 5.32 Å². The number of aliphatic imine (C=N–C) groups is 1. The van der Waals surface area contributed by atoms with Gasteiger partial charge in [0.05, 0.1) is 20.3 Å². The summed E-state index contributed by atoms with van der Waals surface area (Å²) in [6.45, 7) is 4.02. The number of benzene rings is 2. The monoisotopic (exact) mass is 490 g/mol. The van der Waals surface area contributed by atoms with E-state index in [1.165, 1.54) is 28.0 Å². The maximum absolute atomic E-state index is 12.9. The topological polar surface area (TPSA) is 74.7 Å². The quantitative estimate of drug-likeness (QED) is 0.446. The first kappa shape index (κ1) is 21.8. The predicted molar refractivity (Wildman–Crippen MR) is 130 cm³/mol. The van der Waals surface area contributed by atoms with Crippen LogP contribution in [0.4, 0.5) is 10.8 Å². The molecule has 2 heterocycles. The number of rotatable bonds is 6. The molecule has 2 aromatic carbocycles. The number of carbonyl (C=O) groups is 2. The molecule has 1 aromatic heterocycles. The standard InChI is InChI=1S/C21H16Cl2N4O2S2/c1-2-9-27-19(29)17(11-18(28)24-12-7-8-13(22)14(23)10-12)31-21(27)26-20-25-15-5-3-4-6-16(15)30-20/h2-8,10,17H,1,9,11H2,(H,24,28). The number of carbonyl (C=O) groups excluding carboxylic acids is 2.